The van der Waals surface area contributed by atoms with Crippen molar-refractivity contribution in [2.75, 3.05) is 45.9 Å². The van der Waals surface area contributed by atoms with Crippen LogP contribution in [-0.2, 0) is 24.3 Å². The van der Waals surface area contributed by atoms with Crippen molar-refractivity contribution in [3.05, 3.63) is 33.9 Å². The van der Waals surface area contributed by atoms with Gasteiger partial charge < -0.3 is 14.5 Å². The molecule has 2 amide bonds. The van der Waals surface area contributed by atoms with Crippen LogP contribution in [0.15, 0.2) is 23.1 Å². The number of hydrogen-bond acceptors (Lipinski definition) is 7. The molecule has 3 saturated heterocycles. The van der Waals surface area contributed by atoms with Gasteiger partial charge in [-0.1, -0.05) is 6.07 Å². The average molecular weight is 495 g/mol. The van der Waals surface area contributed by atoms with Crippen LogP contribution in [0.1, 0.15) is 31.2 Å². The number of aryl methyl sites for hydroxylation is 1. The molecule has 11 nitrogen and oxygen atoms in total. The Morgan fingerprint density at radius 1 is 1.00 bits per heavy atom. The summed E-state index contributed by atoms with van der Waals surface area (Å²) in [5.41, 5.74) is 0.172. The number of nitro groups is 1. The lowest BCUT2D eigenvalue weighted by Gasteiger charge is -2.39. The minimum atomic E-state index is -3.90. The zero-order valence-corrected chi connectivity index (χ0v) is 20.0. The van der Waals surface area contributed by atoms with E-state index in [1.165, 1.54) is 16.4 Å². The summed E-state index contributed by atoms with van der Waals surface area (Å²) in [4.78, 5) is 39.5. The Labute approximate surface area is 198 Å². The Morgan fingerprint density at radius 3 is 2.18 bits per heavy atom. The molecule has 3 heterocycles. The number of non-ortho nitro benzene ring substituents is 1. The summed E-state index contributed by atoms with van der Waals surface area (Å²) in [6.07, 6.45) is 2.06. The number of benzene rings is 1. The van der Waals surface area contributed by atoms with E-state index in [0.717, 1.165) is 18.9 Å². The lowest BCUT2D eigenvalue weighted by molar-refractivity contribution is -0.385. The summed E-state index contributed by atoms with van der Waals surface area (Å²) < 4.78 is 33.0. The van der Waals surface area contributed by atoms with Gasteiger partial charge in [0.15, 0.2) is 0 Å². The third kappa shape index (κ3) is 4.93. The van der Waals surface area contributed by atoms with Gasteiger partial charge in [-0.2, -0.15) is 4.31 Å². The van der Waals surface area contributed by atoms with E-state index in [2.05, 4.69) is 0 Å². The van der Waals surface area contributed by atoms with Gasteiger partial charge in [0, 0.05) is 63.9 Å². The molecule has 0 bridgehead atoms. The number of rotatable bonds is 5. The van der Waals surface area contributed by atoms with Crippen LogP contribution < -0.4 is 0 Å². The van der Waals surface area contributed by atoms with Crippen LogP contribution in [0.25, 0.3) is 0 Å². The van der Waals surface area contributed by atoms with Crippen molar-refractivity contribution < 1.29 is 27.7 Å². The normalized spacial score (nSPS) is 22.7. The number of carbonyl (C=O) groups is 2. The van der Waals surface area contributed by atoms with E-state index in [0.29, 0.717) is 51.2 Å². The molecule has 0 aromatic heterocycles. The molecule has 34 heavy (non-hydrogen) atoms. The molecule has 3 aliphatic rings. The predicted octanol–water partition coefficient (Wildman–Crippen LogP) is 1.15. The van der Waals surface area contributed by atoms with Crippen molar-refractivity contribution in [1.29, 1.82) is 0 Å². The molecule has 12 heteroatoms. The van der Waals surface area contributed by atoms with Gasteiger partial charge in [-0.05, 0) is 38.2 Å². The number of amides is 2. The Hall–Kier alpha value is -2.57. The molecule has 0 aliphatic carbocycles. The molecule has 1 aromatic rings. The SMILES string of the molecule is Cc1ccc([N+](=O)[O-])cc1S(=O)(=O)N1CCC(C(=O)N2CCN(C(=O)C3CCCO3)CC2)CC1. The first kappa shape index (κ1) is 24.6. The van der Waals surface area contributed by atoms with Crippen LogP contribution in [0, 0.1) is 23.0 Å². The van der Waals surface area contributed by atoms with E-state index in [-0.39, 0.29) is 47.5 Å². The van der Waals surface area contributed by atoms with E-state index in [4.69, 9.17) is 4.74 Å². The maximum absolute atomic E-state index is 13.1. The molecule has 0 radical (unpaired) electrons. The van der Waals surface area contributed by atoms with Crippen molar-refractivity contribution in [1.82, 2.24) is 14.1 Å². The van der Waals surface area contributed by atoms with Gasteiger partial charge in [0.05, 0.1) is 9.82 Å². The monoisotopic (exact) mass is 494 g/mol. The number of ether oxygens (including phenoxy) is 1. The summed E-state index contributed by atoms with van der Waals surface area (Å²) in [5, 5.41) is 11.1. The largest absolute Gasteiger partial charge is 0.368 e. The molecule has 1 unspecified atom stereocenters. The lowest BCUT2D eigenvalue weighted by atomic mass is 9.96. The Balaban J connectivity index is 1.32. The van der Waals surface area contributed by atoms with Gasteiger partial charge in [0.25, 0.3) is 11.6 Å². The topological polar surface area (TPSA) is 130 Å². The van der Waals surface area contributed by atoms with Crippen LogP contribution in [0.5, 0.6) is 0 Å². The number of sulfonamides is 1. The number of piperazine rings is 1. The lowest BCUT2D eigenvalue weighted by Crippen LogP contribution is -2.54. The van der Waals surface area contributed by atoms with Gasteiger partial charge in [-0.25, -0.2) is 8.42 Å². The molecular formula is C22H30N4O7S. The first-order chi connectivity index (χ1) is 16.2. The molecular weight excluding hydrogens is 464 g/mol. The second-order valence-electron chi connectivity index (χ2n) is 9.04. The molecule has 3 aliphatic heterocycles. The van der Waals surface area contributed by atoms with Crippen LogP contribution in [0.2, 0.25) is 0 Å². The minimum Gasteiger partial charge on any atom is -0.368 e. The highest BCUT2D eigenvalue weighted by molar-refractivity contribution is 7.89. The highest BCUT2D eigenvalue weighted by Gasteiger charge is 2.37. The second-order valence-corrected chi connectivity index (χ2v) is 10.9. The van der Waals surface area contributed by atoms with E-state index in [9.17, 15) is 28.1 Å². The number of carbonyl (C=O) groups excluding carboxylic acids is 2. The standard InChI is InChI=1S/C22H30N4O7S/c1-16-4-5-18(26(29)30)15-20(16)34(31,32)25-8-6-17(7-9-25)21(27)23-10-12-24(13-11-23)22(28)19-3-2-14-33-19/h4-5,15,17,19H,2-3,6-14H2,1H3. The van der Waals surface area contributed by atoms with Crippen molar-refractivity contribution in [3.8, 4) is 0 Å². The molecule has 4 rings (SSSR count). The van der Waals surface area contributed by atoms with Crippen LogP contribution in [0.3, 0.4) is 0 Å². The minimum absolute atomic E-state index is 0.000411. The maximum atomic E-state index is 13.1. The van der Waals surface area contributed by atoms with Gasteiger partial charge in [-0.3, -0.25) is 19.7 Å². The molecule has 1 atom stereocenters. The molecule has 3 fully saturated rings. The fraction of sp³-hybridized carbons (Fsp3) is 0.636. The fourth-order valence-electron chi connectivity index (χ4n) is 4.84. The number of nitro benzene ring substituents is 1. The van der Waals surface area contributed by atoms with Crippen molar-refractivity contribution in [2.45, 2.75) is 43.6 Å². The van der Waals surface area contributed by atoms with Crippen LogP contribution >= 0.6 is 0 Å². The zero-order chi connectivity index (χ0) is 24.5. The van der Waals surface area contributed by atoms with Crippen LogP contribution in [-0.4, -0.2) is 91.2 Å². The molecule has 0 spiro atoms. The van der Waals surface area contributed by atoms with E-state index in [1.54, 1.807) is 16.7 Å². The molecule has 1 aromatic carbocycles. The molecule has 186 valence electrons. The number of piperidine rings is 1. The summed E-state index contributed by atoms with van der Waals surface area (Å²) in [6, 6.07) is 3.82. The molecule has 0 N–H and O–H groups in total. The Bertz CT molecular complexity index is 1060. The van der Waals surface area contributed by atoms with Crippen molar-refractivity contribution in [2.24, 2.45) is 5.92 Å². The van der Waals surface area contributed by atoms with Gasteiger partial charge in [0.1, 0.15) is 6.10 Å². The second kappa shape index (κ2) is 9.96. The van der Waals surface area contributed by atoms with Gasteiger partial charge in [-0.15, -0.1) is 0 Å². The third-order valence-electron chi connectivity index (χ3n) is 6.91. The number of hydrogen-bond donors (Lipinski definition) is 0. The highest BCUT2D eigenvalue weighted by Crippen LogP contribution is 2.29. The molecule has 0 saturated carbocycles. The maximum Gasteiger partial charge on any atom is 0.270 e. The summed E-state index contributed by atoms with van der Waals surface area (Å²) in [6.45, 7) is 4.45. The summed E-state index contributed by atoms with van der Waals surface area (Å²) in [5.74, 6) is -0.287. The fourth-order valence-corrected chi connectivity index (χ4v) is 6.56. The van der Waals surface area contributed by atoms with Crippen LogP contribution in [0.4, 0.5) is 5.69 Å². The van der Waals surface area contributed by atoms with Crippen molar-refractivity contribution >= 4 is 27.5 Å². The van der Waals surface area contributed by atoms with E-state index < -0.39 is 14.9 Å². The zero-order valence-electron chi connectivity index (χ0n) is 19.2. The van der Waals surface area contributed by atoms with E-state index in [1.807, 2.05) is 0 Å². The van der Waals surface area contributed by atoms with Gasteiger partial charge >= 0.3 is 0 Å². The number of nitrogens with zero attached hydrogens (tertiary/aromatic N) is 4. The predicted molar refractivity (Wildman–Crippen MR) is 121 cm³/mol. The first-order valence-corrected chi connectivity index (χ1v) is 13.1. The quantitative estimate of drug-likeness (QED) is 0.443. The summed E-state index contributed by atoms with van der Waals surface area (Å²) in [7, 11) is -3.90. The first-order valence-electron chi connectivity index (χ1n) is 11.6. The van der Waals surface area contributed by atoms with E-state index >= 15 is 0 Å². The smallest absolute Gasteiger partial charge is 0.270 e. The van der Waals surface area contributed by atoms with Crippen molar-refractivity contribution in [3.63, 3.8) is 0 Å². The average Bonchev–Trinajstić information content (AvgIpc) is 3.38. The summed E-state index contributed by atoms with van der Waals surface area (Å²) >= 11 is 0. The Kier molecular flexibility index (Phi) is 7.20. The third-order valence-corrected chi connectivity index (χ3v) is 8.95. The van der Waals surface area contributed by atoms with Gasteiger partial charge in [0.2, 0.25) is 15.9 Å². The Morgan fingerprint density at radius 2 is 1.62 bits per heavy atom. The highest BCUT2D eigenvalue weighted by atomic mass is 32.2.